The first kappa shape index (κ1) is 33.3. The van der Waals surface area contributed by atoms with E-state index in [0.717, 1.165) is 6.42 Å². The van der Waals surface area contributed by atoms with Crippen molar-refractivity contribution in [1.82, 2.24) is 9.97 Å². The Morgan fingerprint density at radius 1 is 1.18 bits per heavy atom. The van der Waals surface area contributed by atoms with Gasteiger partial charge in [-0.25, -0.2) is 9.97 Å². The van der Waals surface area contributed by atoms with E-state index < -0.39 is 44.4 Å². The Bertz CT molecular complexity index is 1060. The number of halogens is 4. The summed E-state index contributed by atoms with van der Waals surface area (Å²) in [6, 6.07) is -0.463. The molecule has 1 amide bonds. The molecule has 2 heterocycles. The van der Waals surface area contributed by atoms with Crippen molar-refractivity contribution in [3.63, 3.8) is 0 Å². The van der Waals surface area contributed by atoms with Crippen molar-refractivity contribution in [2.45, 2.75) is 114 Å². The quantitative estimate of drug-likeness (QED) is 0.0968. The Balaban J connectivity index is 1.80. The second-order valence-electron chi connectivity index (χ2n) is 11.9. The molecule has 1 aliphatic carbocycles. The minimum absolute atomic E-state index is 0.0323. The number of carbonyl (C=O) groups excluding carboxylic acids is 1. The number of ether oxygens (including phenoxy) is 3. The van der Waals surface area contributed by atoms with Gasteiger partial charge in [-0.3, -0.25) is 4.79 Å². The van der Waals surface area contributed by atoms with Crippen LogP contribution in [0.15, 0.2) is 5.16 Å². The third-order valence-corrected chi connectivity index (χ3v) is 13.1. The zero-order chi connectivity index (χ0) is 30.1. The number of hydrogen-bond donors (Lipinski definition) is 2. The molecule has 2 fully saturated rings. The van der Waals surface area contributed by atoms with Crippen LogP contribution in [0.5, 0.6) is 0 Å². The van der Waals surface area contributed by atoms with Crippen molar-refractivity contribution < 1.29 is 36.6 Å². The van der Waals surface area contributed by atoms with E-state index in [1.54, 1.807) is 13.8 Å². The maximum Gasteiger partial charge on any atom is 0.471 e. The third kappa shape index (κ3) is 8.23. The SMILES string of the molecule is CCCSc1nc(Cl)c(NC(=O)C(F)(F)F)c(N[C@@H]2C[C@H](OCCO[Si](C)(C)C(C)(C)C)[C@H]3OC(C)(C)O[C@H]32)n1. The monoisotopic (exact) mass is 628 g/mol. The van der Waals surface area contributed by atoms with Gasteiger partial charge in [-0.2, -0.15) is 13.2 Å². The van der Waals surface area contributed by atoms with Crippen LogP contribution >= 0.6 is 23.4 Å². The first-order valence-electron chi connectivity index (χ1n) is 13.3. The highest BCUT2D eigenvalue weighted by Crippen LogP contribution is 2.42. The Labute approximate surface area is 244 Å². The summed E-state index contributed by atoms with van der Waals surface area (Å²) < 4.78 is 63.9. The predicted octanol–water partition coefficient (Wildman–Crippen LogP) is 6.24. The van der Waals surface area contributed by atoms with Gasteiger partial charge in [0.15, 0.2) is 30.2 Å². The van der Waals surface area contributed by atoms with Crippen LogP contribution in [0.4, 0.5) is 24.7 Å². The number of aromatic nitrogens is 2. The highest BCUT2D eigenvalue weighted by Gasteiger charge is 2.55. The van der Waals surface area contributed by atoms with Crippen LogP contribution in [0.25, 0.3) is 0 Å². The maximum atomic E-state index is 13.1. The normalized spacial score (nSPS) is 24.7. The van der Waals surface area contributed by atoms with E-state index in [1.807, 2.05) is 12.2 Å². The van der Waals surface area contributed by atoms with Gasteiger partial charge in [-0.1, -0.05) is 51.1 Å². The van der Waals surface area contributed by atoms with E-state index in [-0.39, 0.29) is 33.0 Å². The number of nitrogens with one attached hydrogen (secondary N) is 2. The molecule has 3 rings (SSSR count). The number of anilines is 2. The number of rotatable bonds is 11. The first-order valence-corrected chi connectivity index (χ1v) is 17.6. The van der Waals surface area contributed by atoms with Gasteiger partial charge in [0.25, 0.3) is 0 Å². The summed E-state index contributed by atoms with van der Waals surface area (Å²) in [6.07, 6.45) is -5.17. The number of fused-ring (bicyclic) bond motifs is 1. The lowest BCUT2D eigenvalue weighted by Crippen LogP contribution is -2.42. The molecule has 0 radical (unpaired) electrons. The van der Waals surface area contributed by atoms with E-state index >= 15 is 0 Å². The molecule has 1 saturated carbocycles. The van der Waals surface area contributed by atoms with Crippen molar-refractivity contribution in [2.75, 3.05) is 29.6 Å². The molecule has 1 aromatic rings. The van der Waals surface area contributed by atoms with Gasteiger partial charge in [0.05, 0.1) is 25.4 Å². The smallest absolute Gasteiger partial charge is 0.414 e. The summed E-state index contributed by atoms with van der Waals surface area (Å²) in [5.74, 6) is -2.43. The summed E-state index contributed by atoms with van der Waals surface area (Å²) in [4.78, 5) is 20.2. The molecule has 228 valence electrons. The molecule has 1 aliphatic heterocycles. The van der Waals surface area contributed by atoms with Crippen LogP contribution in [-0.4, -0.2) is 79.5 Å². The molecule has 2 aliphatic rings. The average molecular weight is 629 g/mol. The summed E-state index contributed by atoms with van der Waals surface area (Å²) in [5, 5.41) is 5.02. The molecule has 1 aromatic heterocycles. The van der Waals surface area contributed by atoms with Crippen LogP contribution in [0, 0.1) is 0 Å². The van der Waals surface area contributed by atoms with Gasteiger partial charge >= 0.3 is 12.1 Å². The lowest BCUT2D eigenvalue weighted by Gasteiger charge is -2.36. The Hall–Kier alpha value is -1.16. The minimum atomic E-state index is -5.12. The molecule has 0 bridgehead atoms. The second kappa shape index (κ2) is 12.6. The highest BCUT2D eigenvalue weighted by atomic mass is 35.5. The number of hydrogen-bond acceptors (Lipinski definition) is 9. The van der Waals surface area contributed by atoms with Gasteiger partial charge in [-0.05, 0) is 44.8 Å². The van der Waals surface area contributed by atoms with Crippen LogP contribution in [0.1, 0.15) is 54.4 Å². The zero-order valence-electron chi connectivity index (χ0n) is 24.2. The Morgan fingerprint density at radius 2 is 1.82 bits per heavy atom. The van der Waals surface area contributed by atoms with E-state index in [9.17, 15) is 18.0 Å². The molecule has 15 heteroatoms. The molecule has 0 unspecified atom stereocenters. The van der Waals surface area contributed by atoms with Gasteiger partial charge in [0.1, 0.15) is 17.9 Å². The lowest BCUT2D eigenvalue weighted by molar-refractivity contribution is -0.167. The van der Waals surface area contributed by atoms with E-state index in [1.165, 1.54) is 11.8 Å². The van der Waals surface area contributed by atoms with Crippen molar-refractivity contribution in [1.29, 1.82) is 0 Å². The molecule has 1 saturated heterocycles. The third-order valence-electron chi connectivity index (χ3n) is 7.19. The van der Waals surface area contributed by atoms with Crippen molar-refractivity contribution in [3.8, 4) is 0 Å². The van der Waals surface area contributed by atoms with Crippen LogP contribution < -0.4 is 10.6 Å². The largest absolute Gasteiger partial charge is 0.471 e. The van der Waals surface area contributed by atoms with E-state index in [4.69, 9.17) is 30.2 Å². The Kier molecular flexibility index (Phi) is 10.5. The molecular weight excluding hydrogens is 589 g/mol. The number of amides is 1. The van der Waals surface area contributed by atoms with Gasteiger partial charge < -0.3 is 29.3 Å². The van der Waals surface area contributed by atoms with Crippen molar-refractivity contribution in [2.24, 2.45) is 0 Å². The topological polar surface area (TPSA) is 104 Å². The standard InChI is InChI=1S/C25H40ClF3N4O5SSi/c1-9-12-39-22-32-19(26)16(31-21(34)25(27,28)29)20(33-22)30-14-13-15(18-17(14)37-24(5,6)38-18)35-10-11-36-40(7,8)23(2,3)4/h14-15,17-18H,9-13H2,1-8H3,(H,31,34)(H,30,32,33)/t14-,15+,17+,18-/m1/s1. The first-order chi connectivity index (χ1) is 18.3. The summed E-state index contributed by atoms with van der Waals surface area (Å²) >= 11 is 7.56. The fraction of sp³-hybridized carbons (Fsp3) is 0.800. The second-order valence-corrected chi connectivity index (χ2v) is 18.1. The van der Waals surface area contributed by atoms with Gasteiger partial charge in [0.2, 0.25) is 0 Å². The number of carbonyl (C=O) groups is 1. The van der Waals surface area contributed by atoms with Crippen LogP contribution in [0.3, 0.4) is 0 Å². The molecule has 0 spiro atoms. The average Bonchev–Trinajstić information content (AvgIpc) is 3.29. The molecule has 9 nitrogen and oxygen atoms in total. The molecule has 0 aromatic carbocycles. The summed E-state index contributed by atoms with van der Waals surface area (Å²) in [7, 11) is -1.94. The fourth-order valence-electron chi connectivity index (χ4n) is 4.20. The van der Waals surface area contributed by atoms with Crippen molar-refractivity contribution in [3.05, 3.63) is 5.15 Å². The number of thioether (sulfide) groups is 1. The predicted molar refractivity (Wildman–Crippen MR) is 151 cm³/mol. The number of alkyl halides is 3. The minimum Gasteiger partial charge on any atom is -0.414 e. The summed E-state index contributed by atoms with van der Waals surface area (Å²) in [5.41, 5.74) is -0.355. The maximum absolute atomic E-state index is 13.1. The lowest BCUT2D eigenvalue weighted by atomic mass is 10.2. The van der Waals surface area contributed by atoms with Gasteiger partial charge in [0, 0.05) is 5.75 Å². The molecule has 4 atom stereocenters. The number of nitrogens with zero attached hydrogens (tertiary/aromatic N) is 2. The van der Waals surface area contributed by atoms with Crippen LogP contribution in [0.2, 0.25) is 23.3 Å². The van der Waals surface area contributed by atoms with Crippen molar-refractivity contribution >= 4 is 49.1 Å². The van der Waals surface area contributed by atoms with E-state index in [2.05, 4.69) is 49.1 Å². The fourth-order valence-corrected chi connectivity index (χ4v) is 6.19. The van der Waals surface area contributed by atoms with E-state index in [0.29, 0.717) is 25.4 Å². The van der Waals surface area contributed by atoms with Gasteiger partial charge in [-0.15, -0.1) is 0 Å². The molecular formula is C25H40ClF3N4O5SSi. The Morgan fingerprint density at radius 3 is 2.42 bits per heavy atom. The summed E-state index contributed by atoms with van der Waals surface area (Å²) in [6.45, 7) is 17.2. The molecule has 40 heavy (non-hydrogen) atoms. The highest BCUT2D eigenvalue weighted by molar-refractivity contribution is 7.99. The molecule has 2 N–H and O–H groups in total. The van der Waals surface area contributed by atoms with Crippen LogP contribution in [-0.2, 0) is 23.4 Å². The zero-order valence-corrected chi connectivity index (χ0v) is 26.8.